The lowest BCUT2D eigenvalue weighted by Gasteiger charge is -2.12. The molecular formula is C14H14BClO4. The van der Waals surface area contributed by atoms with Gasteiger partial charge in [-0.05, 0) is 35.9 Å². The van der Waals surface area contributed by atoms with E-state index in [-0.39, 0.29) is 12.1 Å². The summed E-state index contributed by atoms with van der Waals surface area (Å²) < 4.78 is 10.6. The fourth-order valence-electron chi connectivity index (χ4n) is 1.77. The van der Waals surface area contributed by atoms with E-state index in [2.05, 4.69) is 0 Å². The molecule has 104 valence electrons. The van der Waals surface area contributed by atoms with E-state index in [9.17, 15) is 10.0 Å². The summed E-state index contributed by atoms with van der Waals surface area (Å²) in [5.74, 6) is 0.920. The Morgan fingerprint density at radius 2 is 1.95 bits per heavy atom. The number of ether oxygens (including phenoxy) is 2. The van der Waals surface area contributed by atoms with Crippen molar-refractivity contribution in [3.63, 3.8) is 0 Å². The van der Waals surface area contributed by atoms with Gasteiger partial charge >= 0.3 is 7.12 Å². The summed E-state index contributed by atoms with van der Waals surface area (Å²) in [5, 5.41) is 19.4. The fraction of sp³-hybridized carbons (Fsp3) is 0.143. The number of methoxy groups -OCH3 is 1. The van der Waals surface area contributed by atoms with Crippen LogP contribution in [0.25, 0.3) is 0 Å². The van der Waals surface area contributed by atoms with Gasteiger partial charge in [0.05, 0.1) is 7.11 Å². The van der Waals surface area contributed by atoms with Crippen LogP contribution in [0.15, 0.2) is 42.5 Å². The minimum absolute atomic E-state index is 0.256. The van der Waals surface area contributed by atoms with Gasteiger partial charge in [0.25, 0.3) is 0 Å². The molecular weight excluding hydrogens is 278 g/mol. The van der Waals surface area contributed by atoms with Crippen molar-refractivity contribution >= 4 is 24.2 Å². The molecule has 0 atom stereocenters. The second-order valence-corrected chi connectivity index (χ2v) is 4.63. The molecule has 2 N–H and O–H groups in total. The second kappa shape index (κ2) is 6.66. The fourth-order valence-corrected chi connectivity index (χ4v) is 1.99. The summed E-state index contributed by atoms with van der Waals surface area (Å²) in [6, 6.07) is 12.1. The molecule has 0 saturated heterocycles. The predicted octanol–water partition coefficient (Wildman–Crippen LogP) is 1.61. The lowest BCUT2D eigenvalue weighted by Crippen LogP contribution is -2.31. The van der Waals surface area contributed by atoms with Crippen LogP contribution in [0.1, 0.15) is 5.56 Å². The zero-order chi connectivity index (χ0) is 14.5. The first-order valence-corrected chi connectivity index (χ1v) is 6.39. The second-order valence-electron chi connectivity index (χ2n) is 4.20. The average Bonchev–Trinajstić information content (AvgIpc) is 2.45. The van der Waals surface area contributed by atoms with Crippen LogP contribution in [0, 0.1) is 0 Å². The summed E-state index contributed by atoms with van der Waals surface area (Å²) in [4.78, 5) is 0. The Hall–Kier alpha value is -1.69. The molecule has 0 heterocycles. The maximum absolute atomic E-state index is 9.36. The van der Waals surface area contributed by atoms with Crippen molar-refractivity contribution in [2.75, 3.05) is 7.11 Å². The third-order valence-electron chi connectivity index (χ3n) is 2.78. The standard InChI is InChI=1S/C14H14BClO4/c1-19-12-5-6-14(13(8-12)15(17)18)20-9-10-3-2-4-11(16)7-10/h2-8,17-18H,9H2,1H3. The Kier molecular flexibility index (Phi) is 4.90. The van der Waals surface area contributed by atoms with E-state index in [0.29, 0.717) is 16.5 Å². The first kappa shape index (κ1) is 14.7. The average molecular weight is 293 g/mol. The van der Waals surface area contributed by atoms with Gasteiger partial charge in [0.15, 0.2) is 0 Å². The van der Waals surface area contributed by atoms with Crippen molar-refractivity contribution in [1.29, 1.82) is 0 Å². The molecule has 0 unspecified atom stereocenters. The summed E-state index contributed by atoms with van der Waals surface area (Å²) in [6.07, 6.45) is 0. The predicted molar refractivity (Wildman–Crippen MR) is 78.6 cm³/mol. The molecule has 2 aromatic carbocycles. The van der Waals surface area contributed by atoms with Gasteiger partial charge in [0.1, 0.15) is 18.1 Å². The van der Waals surface area contributed by atoms with Gasteiger partial charge in [-0.3, -0.25) is 0 Å². The maximum Gasteiger partial charge on any atom is 0.492 e. The molecule has 0 radical (unpaired) electrons. The van der Waals surface area contributed by atoms with Crippen molar-refractivity contribution in [2.45, 2.75) is 6.61 Å². The molecule has 0 aliphatic carbocycles. The van der Waals surface area contributed by atoms with Gasteiger partial charge < -0.3 is 19.5 Å². The summed E-state index contributed by atoms with van der Waals surface area (Å²) in [5.41, 5.74) is 1.15. The summed E-state index contributed by atoms with van der Waals surface area (Å²) >= 11 is 5.90. The lowest BCUT2D eigenvalue weighted by molar-refractivity contribution is 0.306. The molecule has 0 aromatic heterocycles. The number of hydrogen-bond acceptors (Lipinski definition) is 4. The zero-order valence-corrected chi connectivity index (χ0v) is 11.7. The molecule has 20 heavy (non-hydrogen) atoms. The van der Waals surface area contributed by atoms with E-state index in [1.54, 1.807) is 24.3 Å². The normalized spacial score (nSPS) is 10.2. The quantitative estimate of drug-likeness (QED) is 0.822. The summed E-state index contributed by atoms with van der Waals surface area (Å²) in [7, 11) is -0.116. The molecule has 4 nitrogen and oxygen atoms in total. The molecule has 0 saturated carbocycles. The Morgan fingerprint density at radius 3 is 2.60 bits per heavy atom. The first-order valence-electron chi connectivity index (χ1n) is 6.01. The molecule has 0 aliphatic heterocycles. The Morgan fingerprint density at radius 1 is 1.15 bits per heavy atom. The number of benzene rings is 2. The highest BCUT2D eigenvalue weighted by atomic mass is 35.5. The van der Waals surface area contributed by atoms with Crippen molar-refractivity contribution < 1.29 is 19.5 Å². The van der Waals surface area contributed by atoms with Crippen molar-refractivity contribution in [3.05, 3.63) is 53.1 Å². The topological polar surface area (TPSA) is 58.9 Å². The Bertz CT molecular complexity index is 589. The van der Waals surface area contributed by atoms with Gasteiger partial charge in [0.2, 0.25) is 0 Å². The Balaban J connectivity index is 2.16. The third-order valence-corrected chi connectivity index (χ3v) is 3.01. The van der Waals surface area contributed by atoms with Gasteiger partial charge in [-0.25, -0.2) is 0 Å². The van der Waals surface area contributed by atoms with Gasteiger partial charge in [-0.1, -0.05) is 23.7 Å². The largest absolute Gasteiger partial charge is 0.497 e. The van der Waals surface area contributed by atoms with Crippen molar-refractivity contribution in [2.24, 2.45) is 0 Å². The van der Waals surface area contributed by atoms with E-state index in [1.807, 2.05) is 12.1 Å². The van der Waals surface area contributed by atoms with Crippen LogP contribution < -0.4 is 14.9 Å². The number of halogens is 1. The van der Waals surface area contributed by atoms with Gasteiger partial charge in [0, 0.05) is 10.5 Å². The van der Waals surface area contributed by atoms with Crippen molar-refractivity contribution in [3.8, 4) is 11.5 Å². The highest BCUT2D eigenvalue weighted by Crippen LogP contribution is 2.18. The minimum atomic E-state index is -1.63. The smallest absolute Gasteiger partial charge is 0.492 e. The van der Waals surface area contributed by atoms with Crippen molar-refractivity contribution in [1.82, 2.24) is 0 Å². The van der Waals surface area contributed by atoms with E-state index in [1.165, 1.54) is 13.2 Å². The van der Waals surface area contributed by atoms with Gasteiger partial charge in [-0.15, -0.1) is 0 Å². The molecule has 0 bridgehead atoms. The van der Waals surface area contributed by atoms with Gasteiger partial charge in [-0.2, -0.15) is 0 Å². The first-order chi connectivity index (χ1) is 9.60. The van der Waals surface area contributed by atoms with E-state index >= 15 is 0 Å². The summed E-state index contributed by atoms with van der Waals surface area (Å²) in [6.45, 7) is 0.284. The highest BCUT2D eigenvalue weighted by Gasteiger charge is 2.18. The van der Waals surface area contributed by atoms with Crippen LogP contribution in [0.5, 0.6) is 11.5 Å². The molecule has 6 heteroatoms. The lowest BCUT2D eigenvalue weighted by atomic mass is 9.79. The van der Waals surface area contributed by atoms with E-state index in [0.717, 1.165) is 5.56 Å². The van der Waals surface area contributed by atoms with E-state index in [4.69, 9.17) is 21.1 Å². The molecule has 2 rings (SSSR count). The van der Waals surface area contributed by atoms with Crippen LogP contribution in [0.3, 0.4) is 0 Å². The SMILES string of the molecule is COc1ccc(OCc2cccc(Cl)c2)c(B(O)O)c1. The number of hydrogen-bond donors (Lipinski definition) is 2. The van der Waals surface area contributed by atoms with Crippen LogP contribution >= 0.6 is 11.6 Å². The molecule has 2 aromatic rings. The third kappa shape index (κ3) is 3.66. The zero-order valence-electron chi connectivity index (χ0n) is 10.9. The molecule has 0 spiro atoms. The highest BCUT2D eigenvalue weighted by molar-refractivity contribution is 6.59. The van der Waals surface area contributed by atoms with Crippen LogP contribution in [-0.4, -0.2) is 24.3 Å². The monoisotopic (exact) mass is 292 g/mol. The van der Waals surface area contributed by atoms with Crippen LogP contribution in [0.4, 0.5) is 0 Å². The maximum atomic E-state index is 9.36. The number of rotatable bonds is 5. The molecule has 0 amide bonds. The van der Waals surface area contributed by atoms with Crippen LogP contribution in [-0.2, 0) is 6.61 Å². The molecule has 0 aliphatic rings. The van der Waals surface area contributed by atoms with Crippen LogP contribution in [0.2, 0.25) is 5.02 Å². The van der Waals surface area contributed by atoms with E-state index < -0.39 is 7.12 Å². The molecule has 0 fully saturated rings. The minimum Gasteiger partial charge on any atom is -0.497 e. The Labute approximate surface area is 122 Å².